The van der Waals surface area contributed by atoms with Gasteiger partial charge in [0.25, 0.3) is 0 Å². The Kier molecular flexibility index (Phi) is 2.45. The molecule has 0 aliphatic rings. The number of nitrogens with one attached hydrogen (secondary N) is 2. The molecule has 0 aliphatic carbocycles. The first-order chi connectivity index (χ1) is 7.13. The summed E-state index contributed by atoms with van der Waals surface area (Å²) in [7, 11) is -3.37. The van der Waals surface area contributed by atoms with Crippen molar-refractivity contribution in [2.45, 2.75) is 11.8 Å². The molecule has 0 spiro atoms. The van der Waals surface area contributed by atoms with Crippen molar-refractivity contribution in [3.05, 3.63) is 24.4 Å². The first kappa shape index (κ1) is 10.1. The lowest BCUT2D eigenvalue weighted by molar-refractivity contribution is 0.584. The van der Waals surface area contributed by atoms with Crippen molar-refractivity contribution in [1.29, 1.82) is 0 Å². The van der Waals surface area contributed by atoms with Crippen LogP contribution in [0.3, 0.4) is 0 Å². The van der Waals surface area contributed by atoms with E-state index in [-0.39, 0.29) is 4.90 Å². The summed E-state index contributed by atoms with van der Waals surface area (Å²) < 4.78 is 25.7. The third-order valence-corrected chi connectivity index (χ3v) is 3.60. The highest BCUT2D eigenvalue weighted by atomic mass is 32.2. The quantitative estimate of drug-likeness (QED) is 0.813. The van der Waals surface area contributed by atoms with Gasteiger partial charge < -0.3 is 0 Å². The minimum atomic E-state index is -3.37. The minimum absolute atomic E-state index is 0.262. The molecular weight excluding hydrogens is 214 g/mol. The van der Waals surface area contributed by atoms with Gasteiger partial charge in [-0.05, 0) is 18.2 Å². The molecule has 0 saturated carbocycles. The molecule has 6 heteroatoms. The molecule has 15 heavy (non-hydrogen) atoms. The van der Waals surface area contributed by atoms with E-state index in [0.717, 1.165) is 10.9 Å². The van der Waals surface area contributed by atoms with Crippen molar-refractivity contribution in [2.24, 2.45) is 0 Å². The molecule has 0 radical (unpaired) electrons. The summed E-state index contributed by atoms with van der Waals surface area (Å²) >= 11 is 0. The van der Waals surface area contributed by atoms with Gasteiger partial charge in [0.05, 0.1) is 16.6 Å². The molecule has 0 unspecified atom stereocenters. The Morgan fingerprint density at radius 3 is 3.00 bits per heavy atom. The lowest BCUT2D eigenvalue weighted by Crippen LogP contribution is -2.22. The third kappa shape index (κ3) is 1.86. The molecule has 2 rings (SSSR count). The molecule has 1 aromatic heterocycles. The number of hydrogen-bond acceptors (Lipinski definition) is 3. The molecule has 0 fully saturated rings. The van der Waals surface area contributed by atoms with E-state index in [9.17, 15) is 8.42 Å². The average molecular weight is 225 g/mol. The van der Waals surface area contributed by atoms with Crippen LogP contribution >= 0.6 is 0 Å². The summed E-state index contributed by atoms with van der Waals surface area (Å²) in [5, 5.41) is 7.38. The van der Waals surface area contributed by atoms with E-state index in [1.807, 2.05) is 0 Å². The van der Waals surface area contributed by atoms with Gasteiger partial charge in [0.15, 0.2) is 0 Å². The Morgan fingerprint density at radius 2 is 2.27 bits per heavy atom. The van der Waals surface area contributed by atoms with Crippen LogP contribution in [0, 0.1) is 0 Å². The molecule has 80 valence electrons. The summed E-state index contributed by atoms with van der Waals surface area (Å²) in [6.07, 6.45) is 1.60. The van der Waals surface area contributed by atoms with Gasteiger partial charge in [0.1, 0.15) is 0 Å². The SMILES string of the molecule is CCNS(=O)(=O)c1ccc2[nH]ncc2c1. The van der Waals surface area contributed by atoms with E-state index in [0.29, 0.717) is 6.54 Å². The summed E-state index contributed by atoms with van der Waals surface area (Å²) in [6.45, 7) is 2.12. The first-order valence-electron chi connectivity index (χ1n) is 4.56. The van der Waals surface area contributed by atoms with E-state index >= 15 is 0 Å². The standard InChI is InChI=1S/C9H11N3O2S/c1-2-11-15(13,14)8-3-4-9-7(5-8)6-10-12-9/h3-6,11H,2H2,1H3,(H,10,12). The topological polar surface area (TPSA) is 74.8 Å². The maximum atomic E-state index is 11.7. The van der Waals surface area contributed by atoms with Crippen LogP contribution in [0.1, 0.15) is 6.92 Å². The highest BCUT2D eigenvalue weighted by Gasteiger charge is 2.12. The molecule has 0 atom stereocenters. The van der Waals surface area contributed by atoms with Gasteiger partial charge in [-0.2, -0.15) is 5.10 Å². The average Bonchev–Trinajstić information content (AvgIpc) is 2.63. The number of rotatable bonds is 3. The maximum Gasteiger partial charge on any atom is 0.240 e. The number of benzene rings is 1. The number of aromatic nitrogens is 2. The van der Waals surface area contributed by atoms with Crippen molar-refractivity contribution in [3.8, 4) is 0 Å². The smallest absolute Gasteiger partial charge is 0.240 e. The largest absolute Gasteiger partial charge is 0.278 e. The Balaban J connectivity index is 2.52. The number of H-pyrrole nitrogens is 1. The Labute approximate surface area is 87.6 Å². The van der Waals surface area contributed by atoms with Crippen LogP contribution in [-0.2, 0) is 10.0 Å². The van der Waals surface area contributed by atoms with Gasteiger partial charge >= 0.3 is 0 Å². The Morgan fingerprint density at radius 1 is 1.47 bits per heavy atom. The van der Waals surface area contributed by atoms with Crippen molar-refractivity contribution in [1.82, 2.24) is 14.9 Å². The van der Waals surface area contributed by atoms with E-state index < -0.39 is 10.0 Å². The first-order valence-corrected chi connectivity index (χ1v) is 6.04. The van der Waals surface area contributed by atoms with Crippen LogP contribution in [0.2, 0.25) is 0 Å². The van der Waals surface area contributed by atoms with Gasteiger partial charge in [-0.3, -0.25) is 5.10 Å². The number of nitrogens with zero attached hydrogens (tertiary/aromatic N) is 1. The molecule has 5 nitrogen and oxygen atoms in total. The molecule has 0 amide bonds. The van der Waals surface area contributed by atoms with E-state index in [2.05, 4.69) is 14.9 Å². The van der Waals surface area contributed by atoms with Crippen LogP contribution in [0.15, 0.2) is 29.3 Å². The van der Waals surface area contributed by atoms with E-state index in [1.165, 1.54) is 0 Å². The molecule has 1 aromatic carbocycles. The normalized spacial score (nSPS) is 12.1. The second-order valence-electron chi connectivity index (χ2n) is 3.12. The van der Waals surface area contributed by atoms with Crippen LogP contribution in [0.5, 0.6) is 0 Å². The fourth-order valence-electron chi connectivity index (χ4n) is 1.36. The zero-order valence-electron chi connectivity index (χ0n) is 8.19. The monoisotopic (exact) mass is 225 g/mol. The molecule has 1 heterocycles. The fraction of sp³-hybridized carbons (Fsp3) is 0.222. The van der Waals surface area contributed by atoms with Gasteiger partial charge in [0, 0.05) is 11.9 Å². The van der Waals surface area contributed by atoms with Crippen LogP contribution in [0.25, 0.3) is 10.9 Å². The lowest BCUT2D eigenvalue weighted by Gasteiger charge is -2.03. The van der Waals surface area contributed by atoms with E-state index in [1.54, 1.807) is 31.3 Å². The van der Waals surface area contributed by atoms with E-state index in [4.69, 9.17) is 0 Å². The van der Waals surface area contributed by atoms with Crippen molar-refractivity contribution in [2.75, 3.05) is 6.54 Å². The van der Waals surface area contributed by atoms with Crippen LogP contribution < -0.4 is 4.72 Å². The fourth-order valence-corrected chi connectivity index (χ4v) is 2.44. The number of sulfonamides is 1. The second-order valence-corrected chi connectivity index (χ2v) is 4.89. The predicted octanol–water partition coefficient (Wildman–Crippen LogP) is 0.861. The van der Waals surface area contributed by atoms with Gasteiger partial charge in [-0.15, -0.1) is 0 Å². The van der Waals surface area contributed by atoms with Crippen LogP contribution in [-0.4, -0.2) is 25.2 Å². The van der Waals surface area contributed by atoms with Gasteiger partial charge in [-0.1, -0.05) is 6.92 Å². The molecule has 0 bridgehead atoms. The Bertz CT molecular complexity index is 574. The molecule has 0 saturated heterocycles. The number of hydrogen-bond donors (Lipinski definition) is 2. The summed E-state index contributed by atoms with van der Waals surface area (Å²) in [5.74, 6) is 0. The third-order valence-electron chi connectivity index (χ3n) is 2.06. The summed E-state index contributed by atoms with van der Waals surface area (Å²) in [4.78, 5) is 0.262. The summed E-state index contributed by atoms with van der Waals surface area (Å²) in [5.41, 5.74) is 0.824. The van der Waals surface area contributed by atoms with Crippen molar-refractivity contribution >= 4 is 20.9 Å². The van der Waals surface area contributed by atoms with Gasteiger partial charge in [0.2, 0.25) is 10.0 Å². The van der Waals surface area contributed by atoms with Crippen molar-refractivity contribution < 1.29 is 8.42 Å². The predicted molar refractivity (Wildman–Crippen MR) is 57.0 cm³/mol. The summed E-state index contributed by atoms with van der Waals surface area (Å²) in [6, 6.07) is 4.85. The molecular formula is C9H11N3O2S. The van der Waals surface area contributed by atoms with Crippen LogP contribution in [0.4, 0.5) is 0 Å². The highest BCUT2D eigenvalue weighted by Crippen LogP contribution is 2.16. The van der Waals surface area contributed by atoms with Crippen molar-refractivity contribution in [3.63, 3.8) is 0 Å². The highest BCUT2D eigenvalue weighted by molar-refractivity contribution is 7.89. The second kappa shape index (κ2) is 3.63. The molecule has 2 N–H and O–H groups in total. The zero-order chi connectivity index (χ0) is 10.9. The Hall–Kier alpha value is -1.40. The minimum Gasteiger partial charge on any atom is -0.278 e. The molecule has 0 aliphatic heterocycles. The number of aromatic amines is 1. The maximum absolute atomic E-state index is 11.7. The molecule has 2 aromatic rings. The lowest BCUT2D eigenvalue weighted by atomic mass is 10.3. The number of fused-ring (bicyclic) bond motifs is 1. The zero-order valence-corrected chi connectivity index (χ0v) is 9.00. The van der Waals surface area contributed by atoms with Gasteiger partial charge in [-0.25, -0.2) is 13.1 Å².